The minimum absolute atomic E-state index is 0.159. The molecule has 1 heterocycles. The first-order valence-corrected chi connectivity index (χ1v) is 7.11. The molecular formula is C14H18FN3S. The number of nitrogens with one attached hydrogen (secondary N) is 1. The van der Waals surface area contributed by atoms with Crippen molar-refractivity contribution < 1.29 is 4.39 Å². The molecule has 0 aliphatic rings. The number of rotatable bonds is 5. The third-order valence-electron chi connectivity index (χ3n) is 2.94. The minimum atomic E-state index is -0.199. The van der Waals surface area contributed by atoms with Gasteiger partial charge in [-0.15, -0.1) is 0 Å². The fourth-order valence-electron chi connectivity index (χ4n) is 1.84. The van der Waals surface area contributed by atoms with E-state index in [1.54, 1.807) is 12.3 Å². The van der Waals surface area contributed by atoms with Crippen LogP contribution in [0.25, 0.3) is 0 Å². The highest BCUT2D eigenvalue weighted by atomic mass is 32.2. The summed E-state index contributed by atoms with van der Waals surface area (Å²) in [6, 6.07) is 5.53. The molecule has 0 amide bonds. The maximum atomic E-state index is 14.1. The predicted octanol–water partition coefficient (Wildman–Crippen LogP) is 3.38. The number of hydrogen-bond acceptors (Lipinski definition) is 3. The summed E-state index contributed by atoms with van der Waals surface area (Å²) < 4.78 is 16.0. The lowest BCUT2D eigenvalue weighted by Crippen LogP contribution is -2.17. The molecule has 1 aromatic carbocycles. The van der Waals surface area contributed by atoms with Gasteiger partial charge in [0, 0.05) is 25.5 Å². The Labute approximate surface area is 117 Å². The molecule has 2 rings (SSSR count). The zero-order chi connectivity index (χ0) is 13.8. The van der Waals surface area contributed by atoms with Gasteiger partial charge in [0.05, 0.1) is 4.90 Å². The fourth-order valence-corrected chi connectivity index (χ4v) is 2.65. The molecule has 0 aliphatic heterocycles. The SMILES string of the molecule is CCNC(C)c1ccc(Sc2nccn2C)c(F)c1. The van der Waals surface area contributed by atoms with Crippen molar-refractivity contribution in [2.75, 3.05) is 6.54 Å². The van der Waals surface area contributed by atoms with Crippen molar-refractivity contribution in [3.05, 3.63) is 42.0 Å². The van der Waals surface area contributed by atoms with Crippen LogP contribution < -0.4 is 5.32 Å². The number of hydrogen-bond donors (Lipinski definition) is 1. The number of aromatic nitrogens is 2. The van der Waals surface area contributed by atoms with Crippen LogP contribution in [0.4, 0.5) is 4.39 Å². The molecular weight excluding hydrogens is 261 g/mol. The van der Waals surface area contributed by atoms with E-state index in [4.69, 9.17) is 0 Å². The van der Waals surface area contributed by atoms with Gasteiger partial charge in [-0.1, -0.05) is 13.0 Å². The standard InChI is InChI=1S/C14H18FN3S/c1-4-16-10(2)11-5-6-13(12(15)9-11)19-14-17-7-8-18(14)3/h5-10,16H,4H2,1-3H3. The third kappa shape index (κ3) is 3.36. The second-order valence-electron chi connectivity index (χ2n) is 4.39. The Kier molecular flexibility index (Phi) is 4.61. The van der Waals surface area contributed by atoms with Crippen LogP contribution in [-0.2, 0) is 7.05 Å². The van der Waals surface area contributed by atoms with Crippen LogP contribution in [-0.4, -0.2) is 16.1 Å². The molecule has 5 heteroatoms. The summed E-state index contributed by atoms with van der Waals surface area (Å²) in [5.74, 6) is -0.199. The van der Waals surface area contributed by atoms with E-state index in [-0.39, 0.29) is 11.9 Å². The lowest BCUT2D eigenvalue weighted by atomic mass is 10.1. The smallest absolute Gasteiger partial charge is 0.172 e. The summed E-state index contributed by atoms with van der Waals surface area (Å²) in [6.07, 6.45) is 3.56. The summed E-state index contributed by atoms with van der Waals surface area (Å²) in [5.41, 5.74) is 0.962. The Bertz CT molecular complexity index is 553. The van der Waals surface area contributed by atoms with E-state index >= 15 is 0 Å². The number of halogens is 1. The second-order valence-corrected chi connectivity index (χ2v) is 5.40. The molecule has 0 saturated heterocycles. The molecule has 0 saturated carbocycles. The molecule has 0 aliphatic carbocycles. The summed E-state index contributed by atoms with van der Waals surface area (Å²) in [5, 5.41) is 4.06. The highest BCUT2D eigenvalue weighted by Gasteiger charge is 2.11. The van der Waals surface area contributed by atoms with E-state index in [2.05, 4.69) is 10.3 Å². The average Bonchev–Trinajstić information content (AvgIpc) is 2.78. The summed E-state index contributed by atoms with van der Waals surface area (Å²) in [4.78, 5) is 4.78. The van der Waals surface area contributed by atoms with Crippen LogP contribution in [0.3, 0.4) is 0 Å². The molecule has 0 bridgehead atoms. The third-order valence-corrected chi connectivity index (χ3v) is 4.07. The molecule has 0 spiro atoms. The summed E-state index contributed by atoms with van der Waals surface area (Å²) in [7, 11) is 1.90. The molecule has 19 heavy (non-hydrogen) atoms. The minimum Gasteiger partial charge on any atom is -0.329 e. The predicted molar refractivity (Wildman–Crippen MR) is 75.8 cm³/mol. The molecule has 1 N–H and O–H groups in total. The quantitative estimate of drug-likeness (QED) is 0.910. The van der Waals surface area contributed by atoms with Gasteiger partial charge in [-0.25, -0.2) is 9.37 Å². The zero-order valence-corrected chi connectivity index (χ0v) is 12.2. The van der Waals surface area contributed by atoms with Crippen LogP contribution in [0.15, 0.2) is 40.6 Å². The first-order chi connectivity index (χ1) is 9.11. The van der Waals surface area contributed by atoms with Gasteiger partial charge in [-0.05, 0) is 42.9 Å². The second kappa shape index (κ2) is 6.21. The highest BCUT2D eigenvalue weighted by molar-refractivity contribution is 7.99. The molecule has 1 unspecified atom stereocenters. The Morgan fingerprint density at radius 2 is 2.26 bits per heavy atom. The first-order valence-electron chi connectivity index (χ1n) is 6.29. The van der Waals surface area contributed by atoms with E-state index < -0.39 is 0 Å². The van der Waals surface area contributed by atoms with E-state index in [0.717, 1.165) is 17.3 Å². The molecule has 0 radical (unpaired) electrons. The van der Waals surface area contributed by atoms with Gasteiger partial charge < -0.3 is 9.88 Å². The maximum absolute atomic E-state index is 14.1. The average molecular weight is 279 g/mol. The monoisotopic (exact) mass is 279 g/mol. The largest absolute Gasteiger partial charge is 0.329 e. The van der Waals surface area contributed by atoms with Crippen molar-refractivity contribution in [3.63, 3.8) is 0 Å². The molecule has 2 aromatic rings. The van der Waals surface area contributed by atoms with Gasteiger partial charge >= 0.3 is 0 Å². The van der Waals surface area contributed by atoms with E-state index in [1.807, 2.05) is 43.8 Å². The highest BCUT2D eigenvalue weighted by Crippen LogP contribution is 2.29. The fraction of sp³-hybridized carbons (Fsp3) is 0.357. The van der Waals surface area contributed by atoms with Gasteiger partial charge in [0.1, 0.15) is 5.82 Å². The van der Waals surface area contributed by atoms with Gasteiger partial charge in [-0.2, -0.15) is 0 Å². The van der Waals surface area contributed by atoms with Crippen molar-refractivity contribution in [2.45, 2.75) is 29.9 Å². The topological polar surface area (TPSA) is 29.9 Å². The summed E-state index contributed by atoms with van der Waals surface area (Å²) in [6.45, 7) is 4.94. The van der Waals surface area contributed by atoms with Crippen molar-refractivity contribution in [2.24, 2.45) is 7.05 Å². The van der Waals surface area contributed by atoms with Crippen LogP contribution in [0.1, 0.15) is 25.5 Å². The van der Waals surface area contributed by atoms with Gasteiger partial charge in [-0.3, -0.25) is 0 Å². The maximum Gasteiger partial charge on any atom is 0.172 e. The Morgan fingerprint density at radius 1 is 1.47 bits per heavy atom. The van der Waals surface area contributed by atoms with Crippen LogP contribution in [0.5, 0.6) is 0 Å². The number of nitrogens with zero attached hydrogens (tertiary/aromatic N) is 2. The molecule has 0 fully saturated rings. The van der Waals surface area contributed by atoms with Crippen LogP contribution in [0.2, 0.25) is 0 Å². The van der Waals surface area contributed by atoms with E-state index in [1.165, 1.54) is 11.8 Å². The zero-order valence-electron chi connectivity index (χ0n) is 11.4. The molecule has 1 aromatic heterocycles. The van der Waals surface area contributed by atoms with Crippen LogP contribution in [0, 0.1) is 5.82 Å². The number of imidazole rings is 1. The van der Waals surface area contributed by atoms with Gasteiger partial charge in [0.2, 0.25) is 0 Å². The van der Waals surface area contributed by atoms with Crippen molar-refractivity contribution in [1.29, 1.82) is 0 Å². The Morgan fingerprint density at radius 3 is 2.84 bits per heavy atom. The van der Waals surface area contributed by atoms with Gasteiger partial charge in [0.25, 0.3) is 0 Å². The van der Waals surface area contributed by atoms with E-state index in [9.17, 15) is 4.39 Å². The molecule has 1 atom stereocenters. The number of benzene rings is 1. The van der Waals surface area contributed by atoms with Crippen molar-refractivity contribution in [3.8, 4) is 0 Å². The van der Waals surface area contributed by atoms with Crippen molar-refractivity contribution in [1.82, 2.24) is 14.9 Å². The Hall–Kier alpha value is -1.33. The Balaban J connectivity index is 2.18. The van der Waals surface area contributed by atoms with Gasteiger partial charge in [0.15, 0.2) is 5.16 Å². The first kappa shape index (κ1) is 14.1. The van der Waals surface area contributed by atoms with E-state index in [0.29, 0.717) is 4.90 Å². The molecule has 3 nitrogen and oxygen atoms in total. The molecule has 102 valence electrons. The lowest BCUT2D eigenvalue weighted by Gasteiger charge is -2.13. The number of aryl methyl sites for hydroxylation is 1. The summed E-state index contributed by atoms with van der Waals surface area (Å²) >= 11 is 1.34. The lowest BCUT2D eigenvalue weighted by molar-refractivity contribution is 0.571. The van der Waals surface area contributed by atoms with Crippen molar-refractivity contribution >= 4 is 11.8 Å². The normalized spacial score (nSPS) is 12.6. The van der Waals surface area contributed by atoms with Crippen LogP contribution >= 0.6 is 11.8 Å².